The Bertz CT molecular complexity index is 1880. The second-order valence-corrected chi connectivity index (χ2v) is 11.2. The van der Waals surface area contributed by atoms with Crippen molar-refractivity contribution in [1.29, 1.82) is 0 Å². The number of methoxy groups -OCH3 is 3. The van der Waals surface area contributed by atoms with E-state index in [1.165, 1.54) is 16.7 Å². The average Bonchev–Trinajstić information content (AvgIpc) is 3.05. The fourth-order valence-corrected chi connectivity index (χ4v) is 6.15. The Labute approximate surface area is 256 Å². The van der Waals surface area contributed by atoms with Crippen LogP contribution in [-0.2, 0) is 30.6 Å². The quantitative estimate of drug-likeness (QED) is 0.197. The van der Waals surface area contributed by atoms with Gasteiger partial charge in [0.15, 0.2) is 16.9 Å². The number of aryl methyl sites for hydroxylation is 1. The molecule has 226 valence electrons. The van der Waals surface area contributed by atoms with E-state index in [1.807, 2.05) is 30.3 Å². The summed E-state index contributed by atoms with van der Waals surface area (Å²) < 4.78 is 16.4. The summed E-state index contributed by atoms with van der Waals surface area (Å²) in [7, 11) is 4.93. The predicted octanol–water partition coefficient (Wildman–Crippen LogP) is 5.88. The van der Waals surface area contributed by atoms with E-state index in [4.69, 9.17) is 14.2 Å². The van der Waals surface area contributed by atoms with Gasteiger partial charge in [0, 0.05) is 29.5 Å². The Kier molecular flexibility index (Phi) is 8.52. The topological polar surface area (TPSA) is 92.9 Å². The zero-order valence-electron chi connectivity index (χ0n) is 25.4. The Morgan fingerprint density at radius 1 is 0.841 bits per heavy atom. The number of rotatable bonds is 10. The number of carbonyl (C=O) groups is 1. The molecule has 8 nitrogen and oxygen atoms in total. The third kappa shape index (κ3) is 5.98. The molecule has 0 atom stereocenters. The molecule has 0 radical (unpaired) electrons. The van der Waals surface area contributed by atoms with E-state index < -0.39 is 0 Å². The van der Waals surface area contributed by atoms with Crippen LogP contribution >= 0.6 is 0 Å². The monoisotopic (exact) mass is 591 g/mol. The van der Waals surface area contributed by atoms with Crippen molar-refractivity contribution in [2.75, 3.05) is 39.7 Å². The number of H-pyrrole nitrogens is 1. The average molecular weight is 592 g/mol. The minimum atomic E-state index is -0.147. The number of carbonyl (C=O) groups excluding carboxylic acids is 1. The number of fused-ring (bicyclic) bond motifs is 3. The van der Waals surface area contributed by atoms with Gasteiger partial charge in [-0.15, -0.1) is 0 Å². The molecule has 0 unspecified atom stereocenters. The van der Waals surface area contributed by atoms with Gasteiger partial charge in [-0.25, -0.2) is 0 Å². The largest absolute Gasteiger partial charge is 0.495 e. The number of amides is 1. The fraction of sp³-hybridized carbons (Fsp3) is 0.278. The zero-order valence-corrected chi connectivity index (χ0v) is 25.4. The molecule has 0 spiro atoms. The Balaban J connectivity index is 1.05. The lowest BCUT2D eigenvalue weighted by atomic mass is 9.98. The number of aromatic nitrogens is 1. The van der Waals surface area contributed by atoms with Gasteiger partial charge in [-0.2, -0.15) is 0 Å². The van der Waals surface area contributed by atoms with E-state index in [9.17, 15) is 9.59 Å². The number of benzene rings is 4. The number of aromatic amines is 1. The van der Waals surface area contributed by atoms with Crippen LogP contribution in [0, 0.1) is 0 Å². The summed E-state index contributed by atoms with van der Waals surface area (Å²) in [5.41, 5.74) is 6.56. The second-order valence-electron chi connectivity index (χ2n) is 11.2. The molecule has 0 saturated carbocycles. The van der Waals surface area contributed by atoms with E-state index in [1.54, 1.807) is 39.5 Å². The van der Waals surface area contributed by atoms with E-state index in [2.05, 4.69) is 39.5 Å². The lowest BCUT2D eigenvalue weighted by molar-refractivity contribution is -0.115. The molecule has 2 N–H and O–H groups in total. The van der Waals surface area contributed by atoms with Crippen molar-refractivity contribution < 1.29 is 19.0 Å². The normalized spacial score (nSPS) is 13.1. The smallest absolute Gasteiger partial charge is 0.228 e. The number of hydrogen-bond donors (Lipinski definition) is 2. The minimum Gasteiger partial charge on any atom is -0.495 e. The van der Waals surface area contributed by atoms with Crippen molar-refractivity contribution in [3.63, 3.8) is 0 Å². The summed E-state index contributed by atoms with van der Waals surface area (Å²) in [5.74, 6) is 2.01. The molecular formula is C36H37N3O5. The van der Waals surface area contributed by atoms with E-state index in [0.717, 1.165) is 61.6 Å². The number of nitrogens with zero attached hydrogens (tertiary/aromatic N) is 1. The molecule has 6 rings (SSSR count). The molecule has 44 heavy (non-hydrogen) atoms. The van der Waals surface area contributed by atoms with Crippen LogP contribution in [0.1, 0.15) is 28.7 Å². The molecule has 2 heterocycles. The molecule has 1 aliphatic heterocycles. The molecule has 4 aromatic carbocycles. The first-order valence-corrected chi connectivity index (χ1v) is 14.9. The maximum Gasteiger partial charge on any atom is 0.228 e. The Hall–Kier alpha value is -4.82. The van der Waals surface area contributed by atoms with Crippen molar-refractivity contribution in [3.8, 4) is 17.2 Å². The molecule has 0 bridgehead atoms. The van der Waals surface area contributed by atoms with Crippen molar-refractivity contribution in [2.45, 2.75) is 32.2 Å². The van der Waals surface area contributed by atoms with Gasteiger partial charge in [0.2, 0.25) is 5.91 Å². The molecule has 1 amide bonds. The zero-order chi connectivity index (χ0) is 30.6. The van der Waals surface area contributed by atoms with E-state index in [0.29, 0.717) is 27.6 Å². The van der Waals surface area contributed by atoms with Gasteiger partial charge in [0.05, 0.1) is 38.8 Å². The van der Waals surface area contributed by atoms with Crippen LogP contribution in [0.25, 0.3) is 21.8 Å². The maximum absolute atomic E-state index is 13.2. The van der Waals surface area contributed by atoms with Crippen molar-refractivity contribution in [1.82, 2.24) is 9.88 Å². The van der Waals surface area contributed by atoms with Crippen molar-refractivity contribution in [3.05, 3.63) is 105 Å². The van der Waals surface area contributed by atoms with Crippen LogP contribution in [0.5, 0.6) is 17.2 Å². The third-order valence-corrected chi connectivity index (χ3v) is 8.46. The van der Waals surface area contributed by atoms with Gasteiger partial charge in [-0.1, -0.05) is 30.3 Å². The number of para-hydroxylation sites is 2. The molecule has 1 aromatic heterocycles. The van der Waals surface area contributed by atoms with E-state index in [-0.39, 0.29) is 17.8 Å². The number of nitrogens with one attached hydrogen (secondary N) is 2. The fourth-order valence-electron chi connectivity index (χ4n) is 6.15. The lowest BCUT2D eigenvalue weighted by Crippen LogP contribution is -2.31. The number of pyridine rings is 1. The maximum atomic E-state index is 13.2. The standard InChI is InChI=1S/C36H37N3O5/c1-42-30-11-5-10-29-35(30)38-34-25(8-4-9-28(34)36(29)41)21-33(40)37-27-14-12-23(13-15-27)7-6-17-39-18-16-24-19-31(43-2)32(44-3)20-26(24)22-39/h4-5,8-15,19-20H,6-7,16-18,21-22H2,1-3H3,(H,37,40)(H,38,41). The van der Waals surface area contributed by atoms with Crippen LogP contribution in [0.2, 0.25) is 0 Å². The summed E-state index contributed by atoms with van der Waals surface area (Å²) in [5, 5.41) is 4.12. The molecule has 0 aliphatic carbocycles. The lowest BCUT2D eigenvalue weighted by Gasteiger charge is -2.29. The van der Waals surface area contributed by atoms with Gasteiger partial charge in [0.25, 0.3) is 0 Å². The van der Waals surface area contributed by atoms with Crippen LogP contribution in [0.15, 0.2) is 77.6 Å². The van der Waals surface area contributed by atoms with Crippen molar-refractivity contribution in [2.24, 2.45) is 0 Å². The highest BCUT2D eigenvalue weighted by Crippen LogP contribution is 2.33. The number of ether oxygens (including phenoxy) is 3. The van der Waals surface area contributed by atoms with Crippen molar-refractivity contribution >= 4 is 33.4 Å². The second kappa shape index (κ2) is 12.8. The van der Waals surface area contributed by atoms with Crippen LogP contribution < -0.4 is 25.0 Å². The molecular weight excluding hydrogens is 554 g/mol. The number of anilines is 1. The predicted molar refractivity (Wildman–Crippen MR) is 174 cm³/mol. The van der Waals surface area contributed by atoms with Gasteiger partial charge in [-0.05, 0) is 90.5 Å². The van der Waals surface area contributed by atoms with Crippen LogP contribution in [0.4, 0.5) is 5.69 Å². The van der Waals surface area contributed by atoms with Gasteiger partial charge < -0.3 is 24.5 Å². The van der Waals surface area contributed by atoms with Gasteiger partial charge in [-0.3, -0.25) is 14.5 Å². The highest BCUT2D eigenvalue weighted by atomic mass is 16.5. The van der Waals surface area contributed by atoms with Crippen LogP contribution in [-0.4, -0.2) is 50.2 Å². The number of hydrogen-bond acceptors (Lipinski definition) is 6. The highest BCUT2D eigenvalue weighted by Gasteiger charge is 2.19. The first kappa shape index (κ1) is 29.3. The summed E-state index contributed by atoms with van der Waals surface area (Å²) in [6.45, 7) is 2.96. The SMILES string of the molecule is COc1cc2c(cc1OC)CN(CCCc1ccc(NC(=O)Cc3cccc4c(=O)c5cccc(OC)c5[nH]c34)cc1)CC2. The summed E-state index contributed by atoms with van der Waals surface area (Å²) in [4.78, 5) is 32.1. The highest BCUT2D eigenvalue weighted by molar-refractivity contribution is 5.99. The Morgan fingerprint density at radius 3 is 2.25 bits per heavy atom. The first-order chi connectivity index (χ1) is 21.5. The van der Waals surface area contributed by atoms with E-state index >= 15 is 0 Å². The Morgan fingerprint density at radius 2 is 1.52 bits per heavy atom. The molecule has 5 aromatic rings. The third-order valence-electron chi connectivity index (χ3n) is 8.46. The summed E-state index contributed by atoms with van der Waals surface area (Å²) >= 11 is 0. The van der Waals surface area contributed by atoms with Gasteiger partial charge >= 0.3 is 0 Å². The molecule has 8 heteroatoms. The molecule has 0 fully saturated rings. The minimum absolute atomic E-state index is 0.0866. The molecule has 1 aliphatic rings. The summed E-state index contributed by atoms with van der Waals surface area (Å²) in [6.07, 6.45) is 3.15. The molecule has 0 saturated heterocycles. The summed E-state index contributed by atoms with van der Waals surface area (Å²) in [6, 6.07) is 23.1. The first-order valence-electron chi connectivity index (χ1n) is 14.9. The van der Waals surface area contributed by atoms with Gasteiger partial charge in [0.1, 0.15) is 5.75 Å². The van der Waals surface area contributed by atoms with Crippen LogP contribution in [0.3, 0.4) is 0 Å².